The number of nitrogens with one attached hydrogen (secondary N) is 1. The van der Waals surface area contributed by atoms with Gasteiger partial charge in [0.25, 0.3) is 5.91 Å². The molecule has 0 saturated heterocycles. The Kier molecular flexibility index (Phi) is 9.16. The Morgan fingerprint density at radius 1 is 1.21 bits per heavy atom. The van der Waals surface area contributed by atoms with Crippen molar-refractivity contribution in [3.63, 3.8) is 0 Å². The Hall–Kier alpha value is -3.44. The lowest BCUT2D eigenvalue weighted by Gasteiger charge is -2.20. The van der Waals surface area contributed by atoms with Gasteiger partial charge in [0.2, 0.25) is 0 Å². The minimum absolute atomic E-state index is 0.0721. The van der Waals surface area contributed by atoms with Crippen LogP contribution in [0.4, 0.5) is 17.6 Å². The van der Waals surface area contributed by atoms with Crippen molar-refractivity contribution < 1.29 is 37.0 Å². The number of nitrogens with zero attached hydrogens (tertiary/aromatic N) is 2. The molecular formula is C26H26ClF4N3O4. The number of ketones is 1. The van der Waals surface area contributed by atoms with Crippen LogP contribution in [0.3, 0.4) is 0 Å². The Bertz CT molecular complexity index is 1330. The maximum absolute atomic E-state index is 14.9. The van der Waals surface area contributed by atoms with Crippen LogP contribution in [0.1, 0.15) is 46.8 Å². The summed E-state index contributed by atoms with van der Waals surface area (Å²) >= 11 is 6.03. The maximum atomic E-state index is 14.9. The number of aliphatic hydroxyl groups is 1. The first-order chi connectivity index (χ1) is 17.8. The largest absolute Gasteiger partial charge is 0.480 e. The van der Waals surface area contributed by atoms with E-state index in [2.05, 4.69) is 10.3 Å². The molecule has 1 aromatic heterocycles. The van der Waals surface area contributed by atoms with E-state index in [9.17, 15) is 32.3 Å². The molecule has 0 bridgehead atoms. The number of aromatic nitrogens is 2. The van der Waals surface area contributed by atoms with Gasteiger partial charge in [-0.25, -0.2) is 9.37 Å². The van der Waals surface area contributed by atoms with Gasteiger partial charge in [-0.1, -0.05) is 17.7 Å². The van der Waals surface area contributed by atoms with Gasteiger partial charge >= 0.3 is 6.18 Å². The van der Waals surface area contributed by atoms with Crippen LogP contribution in [-0.2, 0) is 13.5 Å². The fourth-order valence-electron chi connectivity index (χ4n) is 3.75. The molecule has 38 heavy (non-hydrogen) atoms. The van der Waals surface area contributed by atoms with E-state index in [0.717, 1.165) is 6.92 Å². The first kappa shape index (κ1) is 29.1. The van der Waals surface area contributed by atoms with E-state index >= 15 is 0 Å². The second-order valence-corrected chi connectivity index (χ2v) is 9.17. The highest BCUT2D eigenvalue weighted by atomic mass is 35.5. The molecule has 3 aromatic rings. The Balaban J connectivity index is 1.72. The average molecular weight is 556 g/mol. The van der Waals surface area contributed by atoms with E-state index in [1.54, 1.807) is 19.3 Å². The highest BCUT2D eigenvalue weighted by molar-refractivity contribution is 6.32. The standard InChI is InChI=1S/C26H26ClF4N3O4/c1-14(36)24-33-22(13-34(24)3)19-6-4-16(11-21(19)28)10-18(8-9-35)32-25(37)17-5-7-23(20(27)12-17)38-15(2)26(29,30)31/h4-7,11-13,15,18,35H,8-10H2,1-3H3,(H,32,37). The third kappa shape index (κ3) is 7.11. The maximum Gasteiger partial charge on any atom is 0.425 e. The third-order valence-corrected chi connectivity index (χ3v) is 6.05. The van der Waals surface area contributed by atoms with Crippen LogP contribution in [0.25, 0.3) is 11.3 Å². The van der Waals surface area contributed by atoms with E-state index in [4.69, 9.17) is 16.3 Å². The number of aliphatic hydroxyl groups excluding tert-OH is 1. The van der Waals surface area contributed by atoms with Gasteiger partial charge in [-0.05, 0) is 55.7 Å². The van der Waals surface area contributed by atoms with E-state index in [1.165, 1.54) is 41.8 Å². The number of carbonyl (C=O) groups excluding carboxylic acids is 2. The molecule has 0 aliphatic rings. The van der Waals surface area contributed by atoms with Crippen molar-refractivity contribution in [2.45, 2.75) is 45.0 Å². The number of benzene rings is 2. The molecule has 7 nitrogen and oxygen atoms in total. The summed E-state index contributed by atoms with van der Waals surface area (Å²) in [6.45, 7) is 1.95. The van der Waals surface area contributed by atoms with Crippen molar-refractivity contribution >= 4 is 23.3 Å². The van der Waals surface area contributed by atoms with Gasteiger partial charge in [-0.2, -0.15) is 13.2 Å². The summed E-state index contributed by atoms with van der Waals surface area (Å²) in [4.78, 5) is 28.6. The summed E-state index contributed by atoms with van der Waals surface area (Å²) in [6, 6.07) is 7.50. The normalized spacial score (nSPS) is 13.2. The number of imidazole rings is 1. The lowest BCUT2D eigenvalue weighted by atomic mass is 10.0. The van der Waals surface area contributed by atoms with Crippen LogP contribution in [-0.4, -0.2) is 51.3 Å². The molecule has 2 atom stereocenters. The van der Waals surface area contributed by atoms with Gasteiger partial charge in [-0.15, -0.1) is 0 Å². The third-order valence-electron chi connectivity index (χ3n) is 5.75. The molecule has 1 heterocycles. The van der Waals surface area contributed by atoms with E-state index < -0.39 is 30.0 Å². The zero-order chi connectivity index (χ0) is 28.2. The van der Waals surface area contributed by atoms with Gasteiger partial charge in [0.05, 0.1) is 10.7 Å². The van der Waals surface area contributed by atoms with Gasteiger partial charge in [0.15, 0.2) is 17.7 Å². The highest BCUT2D eigenvalue weighted by Gasteiger charge is 2.38. The van der Waals surface area contributed by atoms with Crippen LogP contribution in [0.15, 0.2) is 42.6 Å². The number of Topliss-reactive ketones (excluding diaryl/α,β-unsaturated/α-hetero) is 1. The molecule has 0 aliphatic heterocycles. The fourth-order valence-corrected chi connectivity index (χ4v) is 3.97. The van der Waals surface area contributed by atoms with Crippen molar-refractivity contribution in [2.75, 3.05) is 6.61 Å². The Morgan fingerprint density at radius 2 is 1.92 bits per heavy atom. The molecule has 0 radical (unpaired) electrons. The number of ether oxygens (including phenoxy) is 1. The number of rotatable bonds is 10. The van der Waals surface area contributed by atoms with Crippen molar-refractivity contribution in [3.8, 4) is 17.0 Å². The highest BCUT2D eigenvalue weighted by Crippen LogP contribution is 2.31. The Morgan fingerprint density at radius 3 is 2.47 bits per heavy atom. The zero-order valence-corrected chi connectivity index (χ0v) is 21.5. The van der Waals surface area contributed by atoms with Crippen LogP contribution in [0, 0.1) is 5.82 Å². The lowest BCUT2D eigenvalue weighted by Crippen LogP contribution is -2.37. The quantitative estimate of drug-likeness (QED) is 0.267. The van der Waals surface area contributed by atoms with E-state index in [-0.39, 0.29) is 53.0 Å². The summed E-state index contributed by atoms with van der Waals surface area (Å²) < 4.78 is 59.5. The molecule has 2 aromatic carbocycles. The van der Waals surface area contributed by atoms with Crippen molar-refractivity contribution in [1.29, 1.82) is 0 Å². The summed E-state index contributed by atoms with van der Waals surface area (Å²) in [6.07, 6.45) is -4.77. The van der Waals surface area contributed by atoms with Crippen LogP contribution in [0.2, 0.25) is 5.02 Å². The Labute approximate surface area is 221 Å². The molecule has 0 aliphatic carbocycles. The molecule has 0 fully saturated rings. The smallest absolute Gasteiger partial charge is 0.425 e. The second-order valence-electron chi connectivity index (χ2n) is 8.76. The summed E-state index contributed by atoms with van der Waals surface area (Å²) in [7, 11) is 1.64. The molecule has 2 N–H and O–H groups in total. The van der Waals surface area contributed by atoms with Crippen LogP contribution < -0.4 is 10.1 Å². The fraction of sp³-hybridized carbons (Fsp3) is 0.346. The molecule has 1 amide bonds. The van der Waals surface area contributed by atoms with E-state index in [1.807, 2.05) is 0 Å². The molecule has 0 saturated carbocycles. The molecular weight excluding hydrogens is 530 g/mol. The lowest BCUT2D eigenvalue weighted by molar-refractivity contribution is -0.189. The first-order valence-corrected chi connectivity index (χ1v) is 12.0. The van der Waals surface area contributed by atoms with Gasteiger partial charge < -0.3 is 19.7 Å². The molecule has 0 spiro atoms. The molecule has 204 valence electrons. The number of hydrogen-bond acceptors (Lipinski definition) is 5. The second kappa shape index (κ2) is 12.0. The number of aryl methyl sites for hydroxylation is 1. The molecule has 2 unspecified atom stereocenters. The zero-order valence-electron chi connectivity index (χ0n) is 20.8. The van der Waals surface area contributed by atoms with Crippen molar-refractivity contribution in [1.82, 2.24) is 14.9 Å². The predicted molar refractivity (Wildman–Crippen MR) is 133 cm³/mol. The first-order valence-electron chi connectivity index (χ1n) is 11.6. The number of amides is 1. The van der Waals surface area contributed by atoms with Crippen molar-refractivity contribution in [2.24, 2.45) is 7.05 Å². The van der Waals surface area contributed by atoms with Gasteiger partial charge in [-0.3, -0.25) is 9.59 Å². The number of alkyl halides is 3. The topological polar surface area (TPSA) is 93.4 Å². The van der Waals surface area contributed by atoms with Crippen LogP contribution >= 0.6 is 11.6 Å². The molecule has 3 rings (SSSR count). The van der Waals surface area contributed by atoms with E-state index in [0.29, 0.717) is 11.3 Å². The van der Waals surface area contributed by atoms with Gasteiger partial charge in [0, 0.05) is 43.9 Å². The van der Waals surface area contributed by atoms with Crippen molar-refractivity contribution in [3.05, 3.63) is 70.4 Å². The summed E-state index contributed by atoms with van der Waals surface area (Å²) in [5, 5.41) is 12.0. The van der Waals surface area contributed by atoms with Crippen LogP contribution in [0.5, 0.6) is 5.75 Å². The van der Waals surface area contributed by atoms with Gasteiger partial charge in [0.1, 0.15) is 11.6 Å². The minimum Gasteiger partial charge on any atom is -0.480 e. The minimum atomic E-state index is -4.58. The monoisotopic (exact) mass is 555 g/mol. The average Bonchev–Trinajstić information content (AvgIpc) is 3.21. The molecule has 12 heteroatoms. The summed E-state index contributed by atoms with van der Waals surface area (Å²) in [5.41, 5.74) is 1.12. The number of hydrogen-bond donors (Lipinski definition) is 2. The predicted octanol–water partition coefficient (Wildman–Crippen LogP) is 5.14. The SMILES string of the molecule is CC(=O)c1nc(-c2ccc(CC(CCO)NC(=O)c3ccc(OC(C)C(F)(F)F)c(Cl)c3)cc2F)cn1C. The number of halogens is 5. The number of carbonyl (C=O) groups is 2. The summed E-state index contributed by atoms with van der Waals surface area (Å²) in [5.74, 6) is -1.43.